The topological polar surface area (TPSA) is 117 Å². The lowest BCUT2D eigenvalue weighted by Gasteiger charge is -2.31. The Morgan fingerprint density at radius 1 is 1.31 bits per heavy atom. The van der Waals surface area contributed by atoms with Crippen LogP contribution in [0.1, 0.15) is 19.8 Å². The number of methoxy groups -OCH3 is 1. The van der Waals surface area contributed by atoms with Crippen LogP contribution in [0.5, 0.6) is 17.4 Å². The summed E-state index contributed by atoms with van der Waals surface area (Å²) in [4.78, 5) is 33.2. The first kappa shape index (κ1) is 20.3. The van der Waals surface area contributed by atoms with E-state index in [1.165, 1.54) is 13.4 Å². The number of hydrogen-bond donors (Lipinski definition) is 0. The summed E-state index contributed by atoms with van der Waals surface area (Å²) >= 11 is 0. The zero-order valence-corrected chi connectivity index (χ0v) is 16.2. The smallest absolute Gasteiger partial charge is 0.373 e. The number of aromatic nitrogens is 2. The molecule has 1 aromatic heterocycles. The Morgan fingerprint density at radius 2 is 2.07 bits per heavy atom. The Morgan fingerprint density at radius 3 is 2.76 bits per heavy atom. The molecule has 1 saturated heterocycles. The van der Waals surface area contributed by atoms with Gasteiger partial charge in [0.15, 0.2) is 11.5 Å². The van der Waals surface area contributed by atoms with Crippen molar-refractivity contribution in [2.24, 2.45) is 5.92 Å². The van der Waals surface area contributed by atoms with Gasteiger partial charge in [-0.05, 0) is 31.9 Å². The van der Waals surface area contributed by atoms with Crippen LogP contribution in [-0.2, 0) is 9.53 Å². The lowest BCUT2D eigenvalue weighted by molar-refractivity contribution is -0.385. The van der Waals surface area contributed by atoms with E-state index in [1.807, 2.05) is 0 Å². The second-order valence-electron chi connectivity index (χ2n) is 6.40. The highest BCUT2D eigenvalue weighted by Crippen LogP contribution is 2.39. The van der Waals surface area contributed by atoms with Gasteiger partial charge in [0.25, 0.3) is 0 Å². The van der Waals surface area contributed by atoms with E-state index in [0.717, 1.165) is 0 Å². The number of ether oxygens (including phenoxy) is 3. The highest BCUT2D eigenvalue weighted by atomic mass is 16.6. The van der Waals surface area contributed by atoms with E-state index >= 15 is 0 Å². The van der Waals surface area contributed by atoms with E-state index in [0.29, 0.717) is 37.5 Å². The summed E-state index contributed by atoms with van der Waals surface area (Å²) in [5, 5.41) is 11.8. The quantitative estimate of drug-likeness (QED) is 0.391. The van der Waals surface area contributed by atoms with Gasteiger partial charge in [-0.15, -0.1) is 0 Å². The number of rotatable bonds is 7. The van der Waals surface area contributed by atoms with Gasteiger partial charge in [-0.3, -0.25) is 14.9 Å². The number of carbonyl (C=O) groups is 1. The minimum atomic E-state index is -0.575. The van der Waals surface area contributed by atoms with Crippen LogP contribution in [0.4, 0.5) is 11.5 Å². The number of nitrogens with zero attached hydrogens (tertiary/aromatic N) is 4. The van der Waals surface area contributed by atoms with E-state index < -0.39 is 4.92 Å². The zero-order chi connectivity index (χ0) is 20.8. The molecule has 0 N–H and O–H groups in total. The van der Waals surface area contributed by atoms with Crippen molar-refractivity contribution in [3.8, 4) is 17.4 Å². The molecule has 1 unspecified atom stereocenters. The molecule has 3 rings (SSSR count). The Labute approximate surface area is 167 Å². The lowest BCUT2D eigenvalue weighted by atomic mass is 9.98. The maximum atomic E-state index is 12.1. The van der Waals surface area contributed by atoms with Crippen molar-refractivity contribution in [1.29, 1.82) is 0 Å². The van der Waals surface area contributed by atoms with Crippen LogP contribution in [0, 0.1) is 16.0 Å². The van der Waals surface area contributed by atoms with E-state index in [2.05, 4.69) is 9.97 Å². The number of benzene rings is 1. The molecule has 2 heterocycles. The molecule has 29 heavy (non-hydrogen) atoms. The first-order valence-corrected chi connectivity index (χ1v) is 9.27. The molecule has 1 aromatic carbocycles. The zero-order valence-electron chi connectivity index (χ0n) is 16.2. The van der Waals surface area contributed by atoms with Crippen LogP contribution in [-0.4, -0.2) is 47.7 Å². The fraction of sp³-hybridized carbons (Fsp3) is 0.421. The highest BCUT2D eigenvalue weighted by Gasteiger charge is 2.34. The van der Waals surface area contributed by atoms with Crippen LogP contribution in [0.3, 0.4) is 0 Å². The number of nitro groups is 1. The van der Waals surface area contributed by atoms with Crippen LogP contribution < -0.4 is 14.4 Å². The third kappa shape index (κ3) is 4.53. The molecule has 154 valence electrons. The summed E-state index contributed by atoms with van der Waals surface area (Å²) in [6.07, 6.45) is 2.56. The molecule has 1 atom stereocenters. The van der Waals surface area contributed by atoms with Crippen molar-refractivity contribution < 1.29 is 23.9 Å². The fourth-order valence-corrected chi connectivity index (χ4v) is 3.25. The Bertz CT molecular complexity index is 891. The summed E-state index contributed by atoms with van der Waals surface area (Å²) in [5.41, 5.74) is -0.358. The van der Waals surface area contributed by atoms with Crippen LogP contribution >= 0.6 is 0 Å². The molecule has 0 radical (unpaired) electrons. The van der Waals surface area contributed by atoms with Gasteiger partial charge < -0.3 is 19.1 Å². The van der Waals surface area contributed by atoms with Gasteiger partial charge >= 0.3 is 17.5 Å². The second kappa shape index (κ2) is 9.18. The molecule has 1 aliphatic rings. The summed E-state index contributed by atoms with van der Waals surface area (Å²) < 4.78 is 16.0. The molecule has 1 fully saturated rings. The Kier molecular flexibility index (Phi) is 6.43. The number of piperidine rings is 1. The van der Waals surface area contributed by atoms with Gasteiger partial charge in [-0.2, -0.15) is 4.98 Å². The SMILES string of the molecule is CCOC(=O)C1CCCN(c2ncnc(Oc3ccccc3OC)c2[N+](=O)[O-])C1. The fourth-order valence-electron chi connectivity index (χ4n) is 3.25. The average Bonchev–Trinajstić information content (AvgIpc) is 2.74. The largest absolute Gasteiger partial charge is 0.493 e. The van der Waals surface area contributed by atoms with Crippen LogP contribution in [0.25, 0.3) is 0 Å². The minimum absolute atomic E-state index is 0.115. The normalized spacial score (nSPS) is 16.2. The maximum Gasteiger partial charge on any atom is 0.373 e. The second-order valence-corrected chi connectivity index (χ2v) is 6.40. The van der Waals surface area contributed by atoms with E-state index in [-0.39, 0.29) is 35.8 Å². The summed E-state index contributed by atoms with van der Waals surface area (Å²) in [7, 11) is 1.48. The van der Waals surface area contributed by atoms with Crippen LogP contribution in [0.15, 0.2) is 30.6 Å². The first-order chi connectivity index (χ1) is 14.0. The van der Waals surface area contributed by atoms with Gasteiger partial charge in [0, 0.05) is 13.1 Å². The predicted octanol–water partition coefficient (Wildman–Crippen LogP) is 2.97. The van der Waals surface area contributed by atoms with E-state index in [4.69, 9.17) is 14.2 Å². The Balaban J connectivity index is 1.93. The van der Waals surface area contributed by atoms with Crippen molar-refractivity contribution in [3.05, 3.63) is 40.7 Å². The van der Waals surface area contributed by atoms with E-state index in [1.54, 1.807) is 36.1 Å². The molecule has 0 spiro atoms. The average molecular weight is 402 g/mol. The molecule has 0 aliphatic carbocycles. The molecule has 1 aliphatic heterocycles. The number of carbonyl (C=O) groups excluding carboxylic acids is 1. The number of hydrogen-bond acceptors (Lipinski definition) is 9. The van der Waals surface area contributed by atoms with Gasteiger partial charge in [0.2, 0.25) is 5.82 Å². The van der Waals surface area contributed by atoms with Gasteiger partial charge in [-0.1, -0.05) is 12.1 Å². The third-order valence-electron chi connectivity index (χ3n) is 4.57. The van der Waals surface area contributed by atoms with Gasteiger partial charge in [-0.25, -0.2) is 4.98 Å². The maximum absolute atomic E-state index is 12.1. The summed E-state index contributed by atoms with van der Waals surface area (Å²) in [6, 6.07) is 6.79. The molecule has 0 amide bonds. The van der Waals surface area contributed by atoms with Gasteiger partial charge in [0.05, 0.1) is 24.6 Å². The predicted molar refractivity (Wildman–Crippen MR) is 103 cm³/mol. The number of esters is 1. The van der Waals surface area contributed by atoms with Crippen molar-refractivity contribution >= 4 is 17.5 Å². The lowest BCUT2D eigenvalue weighted by Crippen LogP contribution is -2.40. The van der Waals surface area contributed by atoms with Crippen LogP contribution in [0.2, 0.25) is 0 Å². The van der Waals surface area contributed by atoms with Crippen molar-refractivity contribution in [2.75, 3.05) is 31.7 Å². The molecule has 2 aromatic rings. The molecule has 0 saturated carbocycles. The van der Waals surface area contributed by atoms with E-state index in [9.17, 15) is 14.9 Å². The molecule has 10 heteroatoms. The standard InChI is InChI=1S/C19H22N4O6/c1-3-28-19(24)13-7-6-10-22(11-13)17-16(23(25)26)18(21-12-20-17)29-15-9-5-4-8-14(15)27-2/h4-5,8-9,12-13H,3,6-7,10-11H2,1-2H3. The summed E-state index contributed by atoms with van der Waals surface area (Å²) in [5.74, 6) is -0.0315. The van der Waals surface area contributed by atoms with Gasteiger partial charge in [0.1, 0.15) is 6.33 Å². The number of para-hydroxylation sites is 2. The third-order valence-corrected chi connectivity index (χ3v) is 4.57. The summed E-state index contributed by atoms with van der Waals surface area (Å²) in [6.45, 7) is 2.85. The molecular weight excluding hydrogens is 380 g/mol. The van der Waals surface area contributed by atoms with Crippen molar-refractivity contribution in [1.82, 2.24) is 9.97 Å². The number of anilines is 1. The highest BCUT2D eigenvalue weighted by molar-refractivity contribution is 5.74. The molecule has 0 bridgehead atoms. The first-order valence-electron chi connectivity index (χ1n) is 9.27. The Hall–Kier alpha value is -3.43. The minimum Gasteiger partial charge on any atom is -0.493 e. The molecule has 10 nitrogen and oxygen atoms in total. The van der Waals surface area contributed by atoms with Crippen molar-refractivity contribution in [2.45, 2.75) is 19.8 Å². The van der Waals surface area contributed by atoms with Crippen molar-refractivity contribution in [3.63, 3.8) is 0 Å². The monoisotopic (exact) mass is 402 g/mol. The molecular formula is C19H22N4O6.